The van der Waals surface area contributed by atoms with E-state index in [1.165, 1.54) is 0 Å². The molecule has 1 heterocycles. The van der Waals surface area contributed by atoms with Crippen LogP contribution in [0.15, 0.2) is 34.9 Å². The van der Waals surface area contributed by atoms with Crippen LogP contribution in [0.3, 0.4) is 0 Å². The Morgan fingerprint density at radius 3 is 2.72 bits per heavy atom. The van der Waals surface area contributed by atoms with E-state index in [-0.39, 0.29) is 5.13 Å². The van der Waals surface area contributed by atoms with Crippen LogP contribution in [0.1, 0.15) is 10.4 Å². The van der Waals surface area contributed by atoms with Gasteiger partial charge in [0.1, 0.15) is 4.88 Å². The third-order valence-corrected chi connectivity index (χ3v) is 3.61. The predicted octanol–water partition coefficient (Wildman–Crippen LogP) is 4.54. The first kappa shape index (κ1) is 13.4. The minimum atomic E-state index is -4.33. The van der Waals surface area contributed by atoms with E-state index in [2.05, 4.69) is 26.2 Å². The van der Waals surface area contributed by atoms with Gasteiger partial charge in [-0.25, -0.2) is 4.98 Å². The molecule has 96 valence electrons. The summed E-state index contributed by atoms with van der Waals surface area (Å²) in [6, 6.07) is 7.53. The summed E-state index contributed by atoms with van der Waals surface area (Å²) in [5, 5.41) is 3.13. The summed E-state index contributed by atoms with van der Waals surface area (Å²) < 4.78 is 38.0. The van der Waals surface area contributed by atoms with Crippen molar-refractivity contribution in [3.8, 4) is 0 Å². The first-order chi connectivity index (χ1) is 8.45. The van der Waals surface area contributed by atoms with E-state index in [4.69, 9.17) is 0 Å². The van der Waals surface area contributed by atoms with Gasteiger partial charge in [0.05, 0.1) is 6.20 Å². The number of nitrogens with one attached hydrogen (secondary N) is 1. The highest BCUT2D eigenvalue weighted by molar-refractivity contribution is 9.10. The highest BCUT2D eigenvalue weighted by Crippen LogP contribution is 2.35. The SMILES string of the molecule is FC(F)(F)c1cnc(NCc2cccc(Br)c2)s1. The largest absolute Gasteiger partial charge is 0.427 e. The van der Waals surface area contributed by atoms with Crippen molar-refractivity contribution < 1.29 is 13.2 Å². The number of aromatic nitrogens is 1. The minimum Gasteiger partial charge on any atom is -0.357 e. The van der Waals surface area contributed by atoms with Gasteiger partial charge in [-0.2, -0.15) is 13.2 Å². The molecular weight excluding hydrogens is 329 g/mol. The van der Waals surface area contributed by atoms with Crippen molar-refractivity contribution in [1.82, 2.24) is 4.98 Å². The lowest BCUT2D eigenvalue weighted by molar-refractivity contribution is -0.134. The average molecular weight is 337 g/mol. The van der Waals surface area contributed by atoms with Crippen LogP contribution in [0.25, 0.3) is 0 Å². The molecule has 0 aliphatic carbocycles. The summed E-state index contributed by atoms with van der Waals surface area (Å²) in [6.45, 7) is 0.435. The number of benzene rings is 1. The smallest absolute Gasteiger partial charge is 0.357 e. The van der Waals surface area contributed by atoms with Crippen molar-refractivity contribution in [3.63, 3.8) is 0 Å². The normalized spacial score (nSPS) is 11.6. The molecule has 1 N–H and O–H groups in total. The lowest BCUT2D eigenvalue weighted by atomic mass is 10.2. The first-order valence-corrected chi connectivity index (χ1v) is 6.57. The Kier molecular flexibility index (Phi) is 3.91. The summed E-state index contributed by atoms with van der Waals surface area (Å²) in [6.07, 6.45) is -3.48. The van der Waals surface area contributed by atoms with Gasteiger partial charge in [-0.15, -0.1) is 0 Å². The molecular formula is C11H8BrF3N2S. The third-order valence-electron chi connectivity index (χ3n) is 2.12. The fourth-order valence-corrected chi connectivity index (χ4v) is 2.44. The Balaban J connectivity index is 2.01. The van der Waals surface area contributed by atoms with Crippen molar-refractivity contribution >= 4 is 32.4 Å². The second-order valence-electron chi connectivity index (χ2n) is 3.51. The van der Waals surface area contributed by atoms with Gasteiger partial charge >= 0.3 is 6.18 Å². The minimum absolute atomic E-state index is 0.266. The van der Waals surface area contributed by atoms with Crippen LogP contribution < -0.4 is 5.32 Å². The zero-order valence-electron chi connectivity index (χ0n) is 8.96. The number of rotatable bonds is 3. The molecule has 0 aliphatic rings. The molecule has 1 aromatic heterocycles. The van der Waals surface area contributed by atoms with Crippen LogP contribution in [-0.2, 0) is 12.7 Å². The van der Waals surface area contributed by atoms with Gasteiger partial charge in [0.25, 0.3) is 0 Å². The fourth-order valence-electron chi connectivity index (χ4n) is 1.31. The molecule has 0 bridgehead atoms. The zero-order chi connectivity index (χ0) is 13.2. The maximum absolute atomic E-state index is 12.4. The molecule has 0 radical (unpaired) electrons. The van der Waals surface area contributed by atoms with E-state index in [0.29, 0.717) is 17.9 Å². The number of thiazole rings is 1. The standard InChI is InChI=1S/C11H8BrF3N2S/c12-8-3-1-2-7(4-8)5-16-10-17-6-9(18-10)11(13,14)15/h1-4,6H,5H2,(H,16,17). The molecule has 0 saturated heterocycles. The summed E-state index contributed by atoms with van der Waals surface area (Å²) in [5.74, 6) is 0. The molecule has 0 spiro atoms. The third kappa shape index (κ3) is 3.46. The van der Waals surface area contributed by atoms with Crippen molar-refractivity contribution in [2.45, 2.75) is 12.7 Å². The summed E-state index contributed by atoms with van der Waals surface area (Å²) in [4.78, 5) is 3.00. The predicted molar refractivity (Wildman–Crippen MR) is 68.6 cm³/mol. The van der Waals surface area contributed by atoms with Gasteiger partial charge in [0.15, 0.2) is 5.13 Å². The number of nitrogens with zero attached hydrogens (tertiary/aromatic N) is 1. The quantitative estimate of drug-likeness (QED) is 0.890. The Hall–Kier alpha value is -1.08. The number of anilines is 1. The van der Waals surface area contributed by atoms with E-state index in [1.54, 1.807) is 0 Å². The highest BCUT2D eigenvalue weighted by Gasteiger charge is 2.33. The van der Waals surface area contributed by atoms with Gasteiger partial charge in [-0.1, -0.05) is 39.4 Å². The number of hydrogen-bond acceptors (Lipinski definition) is 3. The van der Waals surface area contributed by atoms with Crippen molar-refractivity contribution in [3.05, 3.63) is 45.4 Å². The van der Waals surface area contributed by atoms with E-state index in [1.807, 2.05) is 24.3 Å². The van der Waals surface area contributed by atoms with Gasteiger partial charge in [-0.3, -0.25) is 0 Å². The average Bonchev–Trinajstić information content (AvgIpc) is 2.74. The maximum Gasteiger partial charge on any atom is 0.427 e. The molecule has 0 atom stereocenters. The molecule has 0 fully saturated rings. The molecule has 1 aromatic carbocycles. The van der Waals surface area contributed by atoms with Gasteiger partial charge in [-0.05, 0) is 17.7 Å². The van der Waals surface area contributed by atoms with Gasteiger partial charge < -0.3 is 5.32 Å². The molecule has 0 aliphatic heterocycles. The molecule has 0 amide bonds. The van der Waals surface area contributed by atoms with Gasteiger partial charge in [0, 0.05) is 11.0 Å². The molecule has 0 unspecified atom stereocenters. The Labute approximate surface area is 114 Å². The first-order valence-electron chi connectivity index (χ1n) is 4.96. The topological polar surface area (TPSA) is 24.9 Å². The van der Waals surface area contributed by atoms with Crippen LogP contribution in [0, 0.1) is 0 Å². The van der Waals surface area contributed by atoms with Crippen LogP contribution in [0.4, 0.5) is 18.3 Å². The summed E-state index contributed by atoms with van der Waals surface area (Å²) in [5.41, 5.74) is 0.966. The molecule has 18 heavy (non-hydrogen) atoms. The second kappa shape index (κ2) is 5.27. The number of alkyl halides is 3. The maximum atomic E-state index is 12.4. The molecule has 2 nitrogen and oxygen atoms in total. The van der Waals surface area contributed by atoms with E-state index >= 15 is 0 Å². The summed E-state index contributed by atoms with van der Waals surface area (Å²) >= 11 is 3.93. The van der Waals surface area contributed by atoms with E-state index < -0.39 is 11.1 Å². The Morgan fingerprint density at radius 1 is 1.33 bits per heavy atom. The number of hydrogen-bond donors (Lipinski definition) is 1. The molecule has 0 saturated carbocycles. The Morgan fingerprint density at radius 2 is 2.11 bits per heavy atom. The Bertz CT molecular complexity index is 539. The highest BCUT2D eigenvalue weighted by atomic mass is 79.9. The van der Waals surface area contributed by atoms with Crippen LogP contribution >= 0.6 is 27.3 Å². The van der Waals surface area contributed by atoms with Crippen LogP contribution in [0.2, 0.25) is 0 Å². The fraction of sp³-hybridized carbons (Fsp3) is 0.182. The van der Waals surface area contributed by atoms with Crippen molar-refractivity contribution in [1.29, 1.82) is 0 Å². The van der Waals surface area contributed by atoms with Crippen LogP contribution in [-0.4, -0.2) is 4.98 Å². The summed E-state index contributed by atoms with van der Waals surface area (Å²) in [7, 11) is 0. The molecule has 7 heteroatoms. The van der Waals surface area contributed by atoms with Crippen LogP contribution in [0.5, 0.6) is 0 Å². The van der Waals surface area contributed by atoms with Gasteiger partial charge in [0.2, 0.25) is 0 Å². The van der Waals surface area contributed by atoms with E-state index in [0.717, 1.165) is 16.2 Å². The lowest BCUT2D eigenvalue weighted by Crippen LogP contribution is -2.00. The van der Waals surface area contributed by atoms with Crippen molar-refractivity contribution in [2.75, 3.05) is 5.32 Å². The van der Waals surface area contributed by atoms with Crippen molar-refractivity contribution in [2.24, 2.45) is 0 Å². The number of halogens is 4. The lowest BCUT2D eigenvalue weighted by Gasteiger charge is -2.03. The monoisotopic (exact) mass is 336 g/mol. The van der Waals surface area contributed by atoms with E-state index in [9.17, 15) is 13.2 Å². The zero-order valence-corrected chi connectivity index (χ0v) is 11.4. The molecule has 2 rings (SSSR count). The second-order valence-corrected chi connectivity index (χ2v) is 5.46. The molecule has 2 aromatic rings.